The second-order valence-corrected chi connectivity index (χ2v) is 13.2. The zero-order valence-corrected chi connectivity index (χ0v) is 24.3. The second kappa shape index (κ2) is 10.1. The van der Waals surface area contributed by atoms with Crippen molar-refractivity contribution in [3.63, 3.8) is 0 Å². The predicted molar refractivity (Wildman–Crippen MR) is 160 cm³/mol. The van der Waals surface area contributed by atoms with Gasteiger partial charge >= 0.3 is 0 Å². The van der Waals surface area contributed by atoms with E-state index in [0.717, 1.165) is 108 Å². The van der Waals surface area contributed by atoms with E-state index < -0.39 is 11.2 Å². The van der Waals surface area contributed by atoms with E-state index in [9.17, 15) is 21.0 Å². The van der Waals surface area contributed by atoms with Crippen LogP contribution in [0.3, 0.4) is 0 Å². The van der Waals surface area contributed by atoms with Gasteiger partial charge in [-0.2, -0.15) is 21.0 Å². The van der Waals surface area contributed by atoms with Gasteiger partial charge in [0.2, 0.25) is 11.4 Å². The third-order valence-electron chi connectivity index (χ3n) is 8.79. The van der Waals surface area contributed by atoms with E-state index in [1.54, 1.807) is 0 Å². The largest absolute Gasteiger partial charge is 0.482 e. The number of fused-ring (bicyclic) bond motifs is 8. The lowest BCUT2D eigenvalue weighted by Gasteiger charge is -2.44. The fraction of sp³-hybridized carbons (Fsp3) is 0.375. The first-order valence-corrected chi connectivity index (χ1v) is 15.8. The van der Waals surface area contributed by atoms with Gasteiger partial charge in [-0.25, -0.2) is 9.98 Å². The molecule has 2 aromatic heterocycles. The Morgan fingerprint density at radius 3 is 1.33 bits per heavy atom. The number of benzene rings is 1. The predicted octanol–water partition coefficient (Wildman–Crippen LogP) is 8.49. The number of ether oxygens (including phenoxy) is 2. The quantitative estimate of drug-likeness (QED) is 0.275. The zero-order valence-electron chi connectivity index (χ0n) is 22.7. The molecule has 0 saturated heterocycles. The average molecular weight is 589 g/mol. The fourth-order valence-corrected chi connectivity index (χ4v) is 9.21. The highest BCUT2D eigenvalue weighted by atomic mass is 32.1. The Balaban J connectivity index is 1.42. The van der Waals surface area contributed by atoms with E-state index in [1.165, 1.54) is 22.7 Å². The second-order valence-electron chi connectivity index (χ2n) is 11.2. The Kier molecular flexibility index (Phi) is 6.36. The molecule has 0 atom stereocenters. The normalized spacial score (nSPS) is 18.2. The molecule has 1 aromatic carbocycles. The molecule has 3 aromatic rings. The molecular formula is C32H24N6O2S2. The molecule has 206 valence electrons. The lowest BCUT2D eigenvalue weighted by atomic mass is 9.76. The molecule has 0 unspecified atom stereocenters. The lowest BCUT2D eigenvalue weighted by Crippen LogP contribution is -2.38. The summed E-state index contributed by atoms with van der Waals surface area (Å²) in [4.78, 5) is 10.8. The van der Waals surface area contributed by atoms with Crippen molar-refractivity contribution in [3.8, 4) is 56.7 Å². The van der Waals surface area contributed by atoms with Gasteiger partial charge in [0, 0.05) is 32.0 Å². The maximum absolute atomic E-state index is 9.32. The summed E-state index contributed by atoms with van der Waals surface area (Å²) in [5, 5.41) is 38.5. The number of nitriles is 4. The molecule has 0 N–H and O–H groups in total. The van der Waals surface area contributed by atoms with Gasteiger partial charge in [0.25, 0.3) is 0 Å². The van der Waals surface area contributed by atoms with Gasteiger partial charge in [0.15, 0.2) is 0 Å². The Hall–Kier alpha value is -4.48. The van der Waals surface area contributed by atoms with Gasteiger partial charge in [-0.1, -0.05) is 12.8 Å². The van der Waals surface area contributed by atoms with Crippen LogP contribution in [0.1, 0.15) is 75.3 Å². The minimum atomic E-state index is -0.485. The van der Waals surface area contributed by atoms with E-state index in [-0.39, 0.29) is 11.4 Å². The Morgan fingerprint density at radius 1 is 0.595 bits per heavy atom. The first-order valence-electron chi connectivity index (χ1n) is 14.1. The minimum absolute atomic E-state index is 0.167. The standard InChI is InChI=1S/C32H24N6O2S2/c33-15-19(16-34)37-27-13-23-29(41-27)21-12-26-22(11-25(21)39-31(23)7-3-1-4-8-31)30-24(32(40-26)9-5-2-6-10-32)14-28(42-30)38-20(17-35)18-36/h11-14H,1-10H2. The van der Waals surface area contributed by atoms with Gasteiger partial charge in [0.05, 0.1) is 0 Å². The SMILES string of the molecule is N#CC(C#N)=Nc1cc2c(s1)-c1cc3c(cc1OC21CCCCC1)-c1sc(N=C(C#N)C#N)cc1C1(CCCCC1)O3. The maximum Gasteiger partial charge on any atom is 0.219 e. The molecule has 0 radical (unpaired) electrons. The van der Waals surface area contributed by atoms with E-state index in [0.29, 0.717) is 10.0 Å². The van der Waals surface area contributed by atoms with Gasteiger partial charge in [-0.15, -0.1) is 22.7 Å². The average Bonchev–Trinajstić information content (AvgIpc) is 3.65. The molecule has 2 saturated carbocycles. The van der Waals surface area contributed by atoms with E-state index in [2.05, 4.69) is 22.1 Å². The van der Waals surface area contributed by atoms with Crippen molar-refractivity contribution in [3.05, 3.63) is 35.4 Å². The summed E-state index contributed by atoms with van der Waals surface area (Å²) in [6.45, 7) is 0. The van der Waals surface area contributed by atoms with Crippen LogP contribution in [-0.4, -0.2) is 11.4 Å². The highest BCUT2D eigenvalue weighted by Crippen LogP contribution is 2.61. The summed E-state index contributed by atoms with van der Waals surface area (Å²) in [5.41, 5.74) is 2.71. The van der Waals surface area contributed by atoms with Crippen molar-refractivity contribution in [2.45, 2.75) is 75.4 Å². The number of hydrogen-bond donors (Lipinski definition) is 0. The summed E-state index contributed by atoms with van der Waals surface area (Å²) in [7, 11) is 0. The first-order chi connectivity index (χ1) is 20.5. The third-order valence-corrected chi connectivity index (χ3v) is 10.9. The molecule has 4 heterocycles. The number of rotatable bonds is 2. The van der Waals surface area contributed by atoms with Crippen molar-refractivity contribution in [2.24, 2.45) is 9.98 Å². The Labute approximate surface area is 251 Å². The number of thiophene rings is 2. The summed E-state index contributed by atoms with van der Waals surface area (Å²) < 4.78 is 13.9. The number of hydrogen-bond acceptors (Lipinski definition) is 10. The van der Waals surface area contributed by atoms with Crippen molar-refractivity contribution in [1.82, 2.24) is 0 Å². The van der Waals surface area contributed by atoms with Crippen LogP contribution < -0.4 is 9.47 Å². The molecule has 10 heteroatoms. The Morgan fingerprint density at radius 2 is 0.976 bits per heavy atom. The Bertz CT molecular complexity index is 1690. The molecule has 2 aliphatic carbocycles. The molecule has 0 amide bonds. The van der Waals surface area contributed by atoms with Gasteiger partial charge < -0.3 is 9.47 Å². The smallest absolute Gasteiger partial charge is 0.219 e. The van der Waals surface area contributed by atoms with Crippen molar-refractivity contribution in [2.75, 3.05) is 0 Å². The number of aliphatic imine (C=N–C) groups is 2. The van der Waals surface area contributed by atoms with Crippen LogP contribution in [0, 0.1) is 45.3 Å². The van der Waals surface area contributed by atoms with Crippen LogP contribution in [0.2, 0.25) is 0 Å². The van der Waals surface area contributed by atoms with Gasteiger partial charge in [-0.05, 0) is 75.6 Å². The van der Waals surface area contributed by atoms with Crippen LogP contribution in [0.15, 0.2) is 34.3 Å². The third kappa shape index (κ3) is 4.11. The molecule has 0 bridgehead atoms. The van der Waals surface area contributed by atoms with E-state index >= 15 is 0 Å². The monoisotopic (exact) mass is 588 g/mol. The fourth-order valence-electron chi connectivity index (χ4n) is 6.92. The molecule has 42 heavy (non-hydrogen) atoms. The topological polar surface area (TPSA) is 138 Å². The van der Waals surface area contributed by atoms with Crippen molar-refractivity contribution in [1.29, 1.82) is 21.0 Å². The van der Waals surface area contributed by atoms with E-state index in [1.807, 2.05) is 36.4 Å². The molecule has 7 rings (SSSR count). The number of nitrogens with zero attached hydrogens (tertiary/aromatic N) is 6. The van der Waals surface area contributed by atoms with E-state index in [4.69, 9.17) is 9.47 Å². The van der Waals surface area contributed by atoms with Crippen LogP contribution in [-0.2, 0) is 11.2 Å². The highest BCUT2D eigenvalue weighted by molar-refractivity contribution is 7.20. The maximum atomic E-state index is 9.32. The van der Waals surface area contributed by atoms with Gasteiger partial charge in [-0.3, -0.25) is 0 Å². The van der Waals surface area contributed by atoms with Crippen molar-refractivity contribution < 1.29 is 9.47 Å². The highest BCUT2D eigenvalue weighted by Gasteiger charge is 2.47. The molecule has 2 fully saturated rings. The molecule has 8 nitrogen and oxygen atoms in total. The van der Waals surface area contributed by atoms with Crippen molar-refractivity contribution >= 4 is 44.1 Å². The van der Waals surface area contributed by atoms with Gasteiger partial charge in [0.1, 0.15) is 57.0 Å². The van der Waals surface area contributed by atoms with Crippen LogP contribution >= 0.6 is 22.7 Å². The first kappa shape index (κ1) is 26.4. The zero-order chi connectivity index (χ0) is 28.9. The van der Waals surface area contributed by atoms with Crippen LogP contribution in [0.25, 0.3) is 20.9 Å². The van der Waals surface area contributed by atoms with Crippen LogP contribution in [0.4, 0.5) is 10.0 Å². The summed E-state index contributed by atoms with van der Waals surface area (Å²) in [6.07, 6.45) is 10.1. The van der Waals surface area contributed by atoms with Crippen LogP contribution in [0.5, 0.6) is 11.5 Å². The molecular weight excluding hydrogens is 565 g/mol. The lowest BCUT2D eigenvalue weighted by molar-refractivity contribution is 0.0203. The summed E-state index contributed by atoms with van der Waals surface area (Å²) in [5.74, 6) is 1.56. The summed E-state index contributed by atoms with van der Waals surface area (Å²) >= 11 is 2.96. The molecule has 2 aliphatic heterocycles. The molecule has 4 aliphatic rings. The minimum Gasteiger partial charge on any atom is -0.482 e. The molecule has 2 spiro atoms. The summed E-state index contributed by atoms with van der Waals surface area (Å²) in [6, 6.07) is 15.7.